The first kappa shape index (κ1) is 17.9. The van der Waals surface area contributed by atoms with Gasteiger partial charge in [-0.1, -0.05) is 0 Å². The van der Waals surface area contributed by atoms with E-state index in [-0.39, 0.29) is 11.8 Å². The number of imidazole rings is 1. The van der Waals surface area contributed by atoms with Gasteiger partial charge in [-0.15, -0.1) is 0 Å². The fraction of sp³-hybridized carbons (Fsp3) is 0.300. The van der Waals surface area contributed by atoms with E-state index in [9.17, 15) is 9.18 Å². The van der Waals surface area contributed by atoms with Crippen LogP contribution in [-0.4, -0.2) is 22.0 Å². The molecule has 0 aliphatic heterocycles. The van der Waals surface area contributed by atoms with Crippen LogP contribution < -0.4 is 5.32 Å². The number of ether oxygens (including phenoxy) is 1. The van der Waals surface area contributed by atoms with Crippen LogP contribution in [0.15, 0.2) is 30.5 Å². The first-order valence-corrected chi connectivity index (χ1v) is 8.56. The second kappa shape index (κ2) is 7.15. The predicted octanol–water partition coefficient (Wildman–Crippen LogP) is 4.19. The number of esters is 1. The molecule has 1 aromatic carbocycles. The number of aryl methyl sites for hydroxylation is 3. The lowest BCUT2D eigenvalue weighted by Crippen LogP contribution is -2.10. The van der Waals surface area contributed by atoms with E-state index in [1.165, 1.54) is 12.1 Å². The molecule has 2 heterocycles. The van der Waals surface area contributed by atoms with E-state index in [0.717, 1.165) is 22.4 Å². The molecule has 5 nitrogen and oxygen atoms in total. The minimum absolute atomic E-state index is 0.228. The average Bonchev–Trinajstić information content (AvgIpc) is 2.90. The number of halogens is 1. The van der Waals surface area contributed by atoms with Gasteiger partial charge >= 0.3 is 5.97 Å². The molecule has 0 spiro atoms. The SMILES string of the molecule is CCOC(=O)c1c(C)nc2c(NCc3c(C)cc(F)cc3C)cccn12. The number of nitrogens with one attached hydrogen (secondary N) is 1. The van der Waals surface area contributed by atoms with Crippen molar-refractivity contribution in [2.45, 2.75) is 34.2 Å². The Hall–Kier alpha value is -2.89. The Morgan fingerprint density at radius 3 is 2.62 bits per heavy atom. The molecule has 0 fully saturated rings. The van der Waals surface area contributed by atoms with Crippen molar-refractivity contribution < 1.29 is 13.9 Å². The zero-order valence-corrected chi connectivity index (χ0v) is 15.4. The highest BCUT2D eigenvalue weighted by Crippen LogP contribution is 2.23. The Kier molecular flexibility index (Phi) is 4.93. The summed E-state index contributed by atoms with van der Waals surface area (Å²) in [6, 6.07) is 6.82. The molecule has 0 atom stereocenters. The molecule has 1 N–H and O–H groups in total. The third-order valence-corrected chi connectivity index (χ3v) is 4.41. The summed E-state index contributed by atoms with van der Waals surface area (Å²) in [7, 11) is 0. The van der Waals surface area contributed by atoms with Crippen molar-refractivity contribution in [2.75, 3.05) is 11.9 Å². The van der Waals surface area contributed by atoms with E-state index < -0.39 is 0 Å². The minimum atomic E-state index is -0.389. The van der Waals surface area contributed by atoms with E-state index in [1.807, 2.05) is 26.0 Å². The molecule has 0 bridgehead atoms. The number of anilines is 1. The van der Waals surface area contributed by atoms with Gasteiger partial charge in [-0.2, -0.15) is 0 Å². The summed E-state index contributed by atoms with van der Waals surface area (Å²) < 4.78 is 20.4. The van der Waals surface area contributed by atoms with Gasteiger partial charge in [-0.25, -0.2) is 14.2 Å². The number of fused-ring (bicyclic) bond motifs is 1. The molecular weight excluding hydrogens is 333 g/mol. The molecule has 0 aliphatic rings. The van der Waals surface area contributed by atoms with Crippen LogP contribution in [0, 0.1) is 26.6 Å². The Balaban J connectivity index is 1.95. The summed E-state index contributed by atoms with van der Waals surface area (Å²) in [5, 5.41) is 3.36. The second-order valence-corrected chi connectivity index (χ2v) is 6.25. The monoisotopic (exact) mass is 355 g/mol. The van der Waals surface area contributed by atoms with Crippen LogP contribution >= 0.6 is 0 Å². The van der Waals surface area contributed by atoms with Gasteiger partial charge < -0.3 is 10.1 Å². The maximum Gasteiger partial charge on any atom is 0.357 e. The summed E-state index contributed by atoms with van der Waals surface area (Å²) in [5.74, 6) is -0.617. The number of hydrogen-bond donors (Lipinski definition) is 1. The maximum absolute atomic E-state index is 13.5. The second-order valence-electron chi connectivity index (χ2n) is 6.25. The summed E-state index contributed by atoms with van der Waals surface area (Å²) in [5.41, 5.74) is 5.34. The van der Waals surface area contributed by atoms with Crippen LogP contribution in [0.5, 0.6) is 0 Å². The van der Waals surface area contributed by atoms with Gasteiger partial charge in [-0.05, 0) is 68.7 Å². The van der Waals surface area contributed by atoms with Gasteiger partial charge in [0.05, 0.1) is 18.0 Å². The third-order valence-electron chi connectivity index (χ3n) is 4.41. The van der Waals surface area contributed by atoms with E-state index >= 15 is 0 Å². The predicted molar refractivity (Wildman–Crippen MR) is 99.1 cm³/mol. The molecule has 6 heteroatoms. The van der Waals surface area contributed by atoms with Crippen LogP contribution in [0.1, 0.15) is 39.8 Å². The molecule has 0 unspecified atom stereocenters. The number of nitrogens with zero attached hydrogens (tertiary/aromatic N) is 2. The van der Waals surface area contributed by atoms with Crippen molar-refractivity contribution in [1.29, 1.82) is 0 Å². The van der Waals surface area contributed by atoms with Gasteiger partial charge in [0, 0.05) is 12.7 Å². The fourth-order valence-corrected chi connectivity index (χ4v) is 3.17. The van der Waals surface area contributed by atoms with Crippen LogP contribution in [0.3, 0.4) is 0 Å². The van der Waals surface area contributed by atoms with Gasteiger partial charge in [0.15, 0.2) is 11.3 Å². The molecular formula is C20H22FN3O2. The lowest BCUT2D eigenvalue weighted by molar-refractivity contribution is 0.0517. The number of benzene rings is 1. The summed E-state index contributed by atoms with van der Waals surface area (Å²) in [6.45, 7) is 8.21. The molecule has 0 saturated heterocycles. The summed E-state index contributed by atoms with van der Waals surface area (Å²) >= 11 is 0. The molecule has 3 rings (SSSR count). The molecule has 0 saturated carbocycles. The number of rotatable bonds is 5. The number of aromatic nitrogens is 2. The standard InChI is InChI=1S/C20H22FN3O2/c1-5-26-20(25)18-14(4)23-19-17(7-6-8-24(18)19)22-11-16-12(2)9-15(21)10-13(16)3/h6-10,22H,5,11H2,1-4H3. The van der Waals surface area contributed by atoms with Crippen molar-refractivity contribution in [1.82, 2.24) is 9.38 Å². The van der Waals surface area contributed by atoms with E-state index in [2.05, 4.69) is 10.3 Å². The van der Waals surface area contributed by atoms with Crippen LogP contribution in [0.2, 0.25) is 0 Å². The highest BCUT2D eigenvalue weighted by Gasteiger charge is 2.19. The summed E-state index contributed by atoms with van der Waals surface area (Å²) in [4.78, 5) is 16.7. The molecule has 2 aromatic heterocycles. The zero-order valence-electron chi connectivity index (χ0n) is 15.4. The average molecular weight is 355 g/mol. The highest BCUT2D eigenvalue weighted by atomic mass is 19.1. The fourth-order valence-electron chi connectivity index (χ4n) is 3.17. The Bertz CT molecular complexity index is 956. The highest BCUT2D eigenvalue weighted by molar-refractivity contribution is 5.91. The normalized spacial score (nSPS) is 11.0. The smallest absolute Gasteiger partial charge is 0.357 e. The zero-order chi connectivity index (χ0) is 18.8. The first-order chi connectivity index (χ1) is 12.4. The molecule has 3 aromatic rings. The molecule has 0 radical (unpaired) electrons. The molecule has 26 heavy (non-hydrogen) atoms. The number of carbonyl (C=O) groups excluding carboxylic acids is 1. The summed E-state index contributed by atoms with van der Waals surface area (Å²) in [6.07, 6.45) is 1.79. The lowest BCUT2D eigenvalue weighted by Gasteiger charge is -2.13. The van der Waals surface area contributed by atoms with Crippen molar-refractivity contribution in [3.05, 3.63) is 64.4 Å². The van der Waals surface area contributed by atoms with Gasteiger partial charge in [0.2, 0.25) is 0 Å². The Labute approximate surface area is 151 Å². The van der Waals surface area contributed by atoms with Gasteiger partial charge in [0.1, 0.15) is 5.82 Å². The van der Waals surface area contributed by atoms with E-state index in [4.69, 9.17) is 4.74 Å². The van der Waals surface area contributed by atoms with E-state index in [0.29, 0.717) is 30.2 Å². The largest absolute Gasteiger partial charge is 0.461 e. The minimum Gasteiger partial charge on any atom is -0.461 e. The van der Waals surface area contributed by atoms with Crippen LogP contribution in [0.25, 0.3) is 5.65 Å². The van der Waals surface area contributed by atoms with E-state index in [1.54, 1.807) is 24.4 Å². The van der Waals surface area contributed by atoms with Crippen molar-refractivity contribution in [2.24, 2.45) is 0 Å². The van der Waals surface area contributed by atoms with Gasteiger partial charge in [0.25, 0.3) is 0 Å². The Morgan fingerprint density at radius 2 is 1.96 bits per heavy atom. The first-order valence-electron chi connectivity index (χ1n) is 8.56. The number of carbonyl (C=O) groups is 1. The van der Waals surface area contributed by atoms with Crippen LogP contribution in [-0.2, 0) is 11.3 Å². The molecule has 136 valence electrons. The quantitative estimate of drug-likeness (QED) is 0.698. The van der Waals surface area contributed by atoms with Crippen LogP contribution in [0.4, 0.5) is 10.1 Å². The van der Waals surface area contributed by atoms with Gasteiger partial charge in [-0.3, -0.25) is 4.40 Å². The maximum atomic E-state index is 13.5. The number of hydrogen-bond acceptors (Lipinski definition) is 4. The number of pyridine rings is 1. The molecule has 0 aliphatic carbocycles. The molecule has 0 amide bonds. The topological polar surface area (TPSA) is 55.6 Å². The van der Waals surface area contributed by atoms with Crippen molar-refractivity contribution in [3.8, 4) is 0 Å². The van der Waals surface area contributed by atoms with Crippen molar-refractivity contribution in [3.63, 3.8) is 0 Å². The lowest BCUT2D eigenvalue weighted by atomic mass is 10.0. The van der Waals surface area contributed by atoms with Crippen molar-refractivity contribution >= 4 is 17.3 Å². The third kappa shape index (κ3) is 3.27. The Morgan fingerprint density at radius 1 is 1.27 bits per heavy atom.